The summed E-state index contributed by atoms with van der Waals surface area (Å²) in [5.41, 5.74) is 2.09. The van der Waals surface area contributed by atoms with E-state index in [2.05, 4.69) is 35.8 Å². The quantitative estimate of drug-likeness (QED) is 0.500. The molecule has 1 saturated heterocycles. The van der Waals surface area contributed by atoms with Gasteiger partial charge in [0.2, 0.25) is 10.0 Å². The second kappa shape index (κ2) is 11.2. The van der Waals surface area contributed by atoms with Crippen LogP contribution in [0, 0.1) is 0 Å². The number of hydrogen-bond donors (Lipinski definition) is 0. The molecule has 0 unspecified atom stereocenters. The highest BCUT2D eigenvalue weighted by molar-refractivity contribution is 7.89. The molecule has 1 fully saturated rings. The Bertz CT molecular complexity index is 1070. The van der Waals surface area contributed by atoms with Crippen LogP contribution in [0.25, 0.3) is 0 Å². The maximum Gasteiger partial charge on any atom is 0.244 e. The highest BCUT2D eigenvalue weighted by atomic mass is 35.5. The van der Waals surface area contributed by atoms with Crippen LogP contribution in [0.5, 0.6) is 0 Å². The number of carbonyl (C=O) groups is 1. The fourth-order valence-electron chi connectivity index (χ4n) is 3.89. The topological polar surface area (TPSA) is 60.9 Å². The van der Waals surface area contributed by atoms with Crippen LogP contribution in [0.15, 0.2) is 47.4 Å². The standard InChI is InChI=1S/C24H31Cl2N3O3S/c1-18(2)28-13-15-29(16-14-28)20-9-7-19(8-10-20)17-21(30)11-12-27(3)33(31,32)23-6-4-5-22(25)24(23)26/h4-10,18H,11-17H2,1-3H3. The van der Waals surface area contributed by atoms with Crippen LogP contribution in [-0.2, 0) is 21.2 Å². The number of benzene rings is 2. The van der Waals surface area contributed by atoms with Gasteiger partial charge in [0, 0.05) is 64.3 Å². The lowest BCUT2D eigenvalue weighted by Crippen LogP contribution is -2.48. The second-order valence-corrected chi connectivity index (χ2v) is 11.4. The van der Waals surface area contributed by atoms with Gasteiger partial charge in [0.25, 0.3) is 0 Å². The Hall–Kier alpha value is -1.64. The number of carbonyl (C=O) groups excluding carboxylic acids is 1. The largest absolute Gasteiger partial charge is 0.369 e. The summed E-state index contributed by atoms with van der Waals surface area (Å²) in [6, 6.07) is 13.1. The minimum atomic E-state index is -3.83. The van der Waals surface area contributed by atoms with Gasteiger partial charge in [0.15, 0.2) is 0 Å². The Labute approximate surface area is 207 Å². The molecule has 0 spiro atoms. The molecule has 0 amide bonds. The lowest BCUT2D eigenvalue weighted by atomic mass is 10.1. The van der Waals surface area contributed by atoms with E-state index in [0.29, 0.717) is 6.04 Å². The zero-order valence-electron chi connectivity index (χ0n) is 19.3. The lowest BCUT2D eigenvalue weighted by molar-refractivity contribution is -0.118. The Morgan fingerprint density at radius 3 is 2.27 bits per heavy atom. The van der Waals surface area contributed by atoms with Gasteiger partial charge in [-0.25, -0.2) is 12.7 Å². The molecule has 6 nitrogen and oxygen atoms in total. The molecule has 0 radical (unpaired) electrons. The van der Waals surface area contributed by atoms with Gasteiger partial charge in [0.05, 0.1) is 10.0 Å². The normalized spacial score (nSPS) is 15.4. The number of piperazine rings is 1. The van der Waals surface area contributed by atoms with Crippen LogP contribution in [0.3, 0.4) is 0 Å². The van der Waals surface area contributed by atoms with Crippen molar-refractivity contribution in [2.24, 2.45) is 0 Å². The molecule has 33 heavy (non-hydrogen) atoms. The molecular formula is C24H31Cl2N3O3S. The predicted molar refractivity (Wildman–Crippen MR) is 135 cm³/mol. The molecule has 9 heteroatoms. The van der Waals surface area contributed by atoms with Crippen molar-refractivity contribution in [1.82, 2.24) is 9.21 Å². The third-order valence-corrected chi connectivity index (χ3v) is 8.89. The summed E-state index contributed by atoms with van der Waals surface area (Å²) in [7, 11) is -2.39. The number of ketones is 1. The summed E-state index contributed by atoms with van der Waals surface area (Å²) in [5, 5.41) is 0.163. The van der Waals surface area contributed by atoms with Gasteiger partial charge >= 0.3 is 0 Å². The van der Waals surface area contributed by atoms with Crippen molar-refractivity contribution in [2.75, 3.05) is 44.7 Å². The van der Waals surface area contributed by atoms with Gasteiger partial charge in [-0.15, -0.1) is 0 Å². The summed E-state index contributed by atoms with van der Waals surface area (Å²) >= 11 is 12.0. The third-order valence-electron chi connectivity index (χ3n) is 6.06. The third kappa shape index (κ3) is 6.49. The lowest BCUT2D eigenvalue weighted by Gasteiger charge is -2.38. The first-order valence-corrected chi connectivity index (χ1v) is 13.3. The van der Waals surface area contributed by atoms with Gasteiger partial charge in [0.1, 0.15) is 10.7 Å². The Morgan fingerprint density at radius 2 is 1.67 bits per heavy atom. The average Bonchev–Trinajstić information content (AvgIpc) is 2.79. The Balaban J connectivity index is 1.52. The van der Waals surface area contributed by atoms with Gasteiger partial charge in [-0.05, 0) is 43.7 Å². The van der Waals surface area contributed by atoms with Crippen molar-refractivity contribution in [3.63, 3.8) is 0 Å². The van der Waals surface area contributed by atoms with E-state index in [1.807, 2.05) is 12.1 Å². The molecule has 3 rings (SSSR count). The van der Waals surface area contributed by atoms with Gasteiger partial charge in [-0.1, -0.05) is 41.4 Å². The number of nitrogens with zero attached hydrogens (tertiary/aromatic N) is 3. The molecule has 0 aromatic heterocycles. The molecule has 1 aliphatic heterocycles. The summed E-state index contributed by atoms with van der Waals surface area (Å²) < 4.78 is 26.7. The zero-order valence-corrected chi connectivity index (χ0v) is 21.6. The van der Waals surface area contributed by atoms with Crippen molar-refractivity contribution >= 4 is 44.7 Å². The van der Waals surface area contributed by atoms with Crippen molar-refractivity contribution in [3.05, 3.63) is 58.1 Å². The maximum atomic E-state index is 12.8. The molecule has 0 atom stereocenters. The monoisotopic (exact) mass is 511 g/mol. The van der Waals surface area contributed by atoms with E-state index in [-0.39, 0.29) is 40.1 Å². The molecule has 0 saturated carbocycles. The first-order chi connectivity index (χ1) is 15.6. The Morgan fingerprint density at radius 1 is 1.03 bits per heavy atom. The van der Waals surface area contributed by atoms with Crippen LogP contribution < -0.4 is 4.90 Å². The SMILES string of the molecule is CC(C)N1CCN(c2ccc(CC(=O)CCN(C)S(=O)(=O)c3cccc(Cl)c3Cl)cc2)CC1. The smallest absolute Gasteiger partial charge is 0.244 e. The molecule has 180 valence electrons. The van der Waals surface area contributed by atoms with Crippen LogP contribution in [0.4, 0.5) is 5.69 Å². The van der Waals surface area contributed by atoms with Gasteiger partial charge < -0.3 is 4.90 Å². The first kappa shape index (κ1) is 26.0. The molecule has 2 aromatic rings. The number of sulfonamides is 1. The van der Waals surface area contributed by atoms with E-state index in [1.54, 1.807) is 0 Å². The van der Waals surface area contributed by atoms with E-state index in [9.17, 15) is 13.2 Å². The van der Waals surface area contributed by atoms with Crippen LogP contribution in [0.1, 0.15) is 25.8 Å². The Kier molecular flexibility index (Phi) is 8.81. The zero-order chi connectivity index (χ0) is 24.2. The summed E-state index contributed by atoms with van der Waals surface area (Å²) in [5.74, 6) is -0.0208. The first-order valence-electron chi connectivity index (χ1n) is 11.1. The highest BCUT2D eigenvalue weighted by Gasteiger charge is 2.25. The number of hydrogen-bond acceptors (Lipinski definition) is 5. The van der Waals surface area contributed by atoms with Gasteiger partial charge in [-0.3, -0.25) is 9.69 Å². The van der Waals surface area contributed by atoms with Crippen molar-refractivity contribution in [1.29, 1.82) is 0 Å². The van der Waals surface area contributed by atoms with E-state index in [4.69, 9.17) is 23.2 Å². The molecule has 1 aliphatic rings. The fraction of sp³-hybridized carbons (Fsp3) is 0.458. The maximum absolute atomic E-state index is 12.8. The summed E-state index contributed by atoms with van der Waals surface area (Å²) in [6.45, 7) is 8.61. The van der Waals surface area contributed by atoms with E-state index >= 15 is 0 Å². The molecule has 2 aromatic carbocycles. The van der Waals surface area contributed by atoms with Crippen molar-refractivity contribution in [3.8, 4) is 0 Å². The number of anilines is 1. The molecule has 0 aliphatic carbocycles. The number of halogens is 2. The molecule has 0 bridgehead atoms. The second-order valence-electron chi connectivity index (χ2n) is 8.63. The van der Waals surface area contributed by atoms with E-state index in [0.717, 1.165) is 36.0 Å². The fourth-order valence-corrected chi connectivity index (χ4v) is 5.79. The minimum Gasteiger partial charge on any atom is -0.369 e. The van der Waals surface area contributed by atoms with E-state index in [1.165, 1.54) is 30.9 Å². The molecule has 0 N–H and O–H groups in total. The number of Topliss-reactive ketones (excluding diaryl/α,β-unsaturated/α-hetero) is 1. The van der Waals surface area contributed by atoms with Crippen molar-refractivity contribution < 1.29 is 13.2 Å². The van der Waals surface area contributed by atoms with Crippen LogP contribution in [0.2, 0.25) is 10.0 Å². The van der Waals surface area contributed by atoms with Gasteiger partial charge in [-0.2, -0.15) is 0 Å². The van der Waals surface area contributed by atoms with Crippen molar-refractivity contribution in [2.45, 2.75) is 37.6 Å². The summed E-state index contributed by atoms with van der Waals surface area (Å²) in [6.07, 6.45) is 0.389. The summed E-state index contributed by atoms with van der Waals surface area (Å²) in [4.78, 5) is 17.3. The molecular weight excluding hydrogens is 481 g/mol. The van der Waals surface area contributed by atoms with Crippen LogP contribution >= 0.6 is 23.2 Å². The predicted octanol–water partition coefficient (Wildman–Crippen LogP) is 4.35. The minimum absolute atomic E-state index is 0.0111. The number of rotatable bonds is 9. The average molecular weight is 513 g/mol. The highest BCUT2D eigenvalue weighted by Crippen LogP contribution is 2.30. The molecule has 1 heterocycles. The van der Waals surface area contributed by atoms with Crippen LogP contribution in [-0.4, -0.2) is 69.2 Å². The van der Waals surface area contributed by atoms with E-state index < -0.39 is 10.0 Å².